The van der Waals surface area contributed by atoms with Crippen LogP contribution in [0.3, 0.4) is 0 Å². The maximum Gasteiger partial charge on any atom is 0.322 e. The quantitative estimate of drug-likeness (QED) is 0.737. The van der Waals surface area contributed by atoms with Crippen LogP contribution in [0.4, 0.5) is 4.79 Å². The monoisotopic (exact) mass is 279 g/mol. The second-order valence-electron chi connectivity index (χ2n) is 4.83. The number of urea groups is 1. The Hall–Kier alpha value is -1.89. The lowest BCUT2D eigenvalue weighted by Crippen LogP contribution is -2.59. The number of piperidine rings is 1. The second kappa shape index (κ2) is 4.34. The van der Waals surface area contributed by atoms with Crippen LogP contribution in [-0.4, -0.2) is 41.4 Å². The Bertz CT molecular complexity index is 542. The molecule has 4 amide bonds. The molecule has 1 spiro atoms. The van der Waals surface area contributed by atoms with Crippen LogP contribution in [0, 0.1) is 0 Å². The van der Waals surface area contributed by atoms with E-state index < -0.39 is 11.6 Å². The summed E-state index contributed by atoms with van der Waals surface area (Å²) in [4.78, 5) is 37.1. The van der Waals surface area contributed by atoms with Crippen LogP contribution < -0.4 is 10.6 Å². The fourth-order valence-corrected chi connectivity index (χ4v) is 3.24. The summed E-state index contributed by atoms with van der Waals surface area (Å²) in [5.41, 5.74) is -0.312. The Balaban J connectivity index is 1.80. The molecule has 2 saturated heterocycles. The standard InChI is InChI=1S/C12H13N3O3S/c16-9(8-2-5-19-6-8)15-4-1-3-12(7-15)10(17)13-11(18)14-12/h2,5-6H,1,3-4,7H2,(H2,13,14,17,18). The van der Waals surface area contributed by atoms with Crippen LogP contribution in [0.5, 0.6) is 0 Å². The number of hydrogen-bond acceptors (Lipinski definition) is 4. The van der Waals surface area contributed by atoms with Crippen molar-refractivity contribution in [2.75, 3.05) is 13.1 Å². The Morgan fingerprint density at radius 2 is 2.26 bits per heavy atom. The third-order valence-electron chi connectivity index (χ3n) is 3.56. The van der Waals surface area contributed by atoms with E-state index in [0.717, 1.165) is 0 Å². The lowest BCUT2D eigenvalue weighted by atomic mass is 9.89. The number of hydrogen-bond donors (Lipinski definition) is 2. The fraction of sp³-hybridized carbons (Fsp3) is 0.417. The van der Waals surface area contributed by atoms with Crippen molar-refractivity contribution in [3.8, 4) is 0 Å². The molecule has 2 aliphatic rings. The SMILES string of the molecule is O=C1NC(=O)C2(CCCN(C(=O)c3ccsc3)C2)N1. The summed E-state index contributed by atoms with van der Waals surface area (Å²) in [5.74, 6) is -0.422. The molecule has 1 aromatic rings. The van der Waals surface area contributed by atoms with Crippen molar-refractivity contribution in [3.05, 3.63) is 22.4 Å². The number of likely N-dealkylation sites (tertiary alicyclic amines) is 1. The summed E-state index contributed by atoms with van der Waals surface area (Å²) in [6.07, 6.45) is 1.27. The predicted octanol–water partition coefficient (Wildman–Crippen LogP) is 0.562. The highest BCUT2D eigenvalue weighted by molar-refractivity contribution is 7.08. The minimum atomic E-state index is -0.943. The lowest BCUT2D eigenvalue weighted by Gasteiger charge is -2.37. The van der Waals surface area contributed by atoms with Crippen LogP contribution in [0.25, 0.3) is 0 Å². The van der Waals surface area contributed by atoms with Gasteiger partial charge < -0.3 is 10.2 Å². The van der Waals surface area contributed by atoms with Gasteiger partial charge in [-0.15, -0.1) is 0 Å². The minimum absolute atomic E-state index is 0.0886. The summed E-state index contributed by atoms with van der Waals surface area (Å²) in [6.45, 7) is 0.846. The summed E-state index contributed by atoms with van der Waals surface area (Å²) in [5, 5.41) is 8.54. The van der Waals surface area contributed by atoms with E-state index in [0.29, 0.717) is 24.9 Å². The molecule has 7 heteroatoms. The number of nitrogens with one attached hydrogen (secondary N) is 2. The molecule has 0 radical (unpaired) electrons. The molecule has 3 heterocycles. The van der Waals surface area contributed by atoms with Gasteiger partial charge in [0.25, 0.3) is 11.8 Å². The van der Waals surface area contributed by atoms with Gasteiger partial charge in [-0.25, -0.2) is 4.79 Å². The zero-order valence-corrected chi connectivity index (χ0v) is 11.0. The van der Waals surface area contributed by atoms with Crippen LogP contribution in [0.15, 0.2) is 16.8 Å². The number of thiophene rings is 1. The molecule has 0 aliphatic carbocycles. The first-order valence-electron chi connectivity index (χ1n) is 6.06. The summed E-state index contributed by atoms with van der Waals surface area (Å²) >= 11 is 1.46. The molecule has 2 N–H and O–H groups in total. The van der Waals surface area contributed by atoms with Crippen molar-refractivity contribution in [3.63, 3.8) is 0 Å². The summed E-state index contributed by atoms with van der Waals surface area (Å²) < 4.78 is 0. The van der Waals surface area contributed by atoms with Gasteiger partial charge >= 0.3 is 6.03 Å². The number of carbonyl (C=O) groups excluding carboxylic acids is 3. The molecule has 3 rings (SSSR count). The Morgan fingerprint density at radius 3 is 2.89 bits per heavy atom. The second-order valence-corrected chi connectivity index (χ2v) is 5.61. The van der Waals surface area contributed by atoms with E-state index in [1.807, 2.05) is 5.38 Å². The number of rotatable bonds is 1. The molecule has 100 valence electrons. The van der Waals surface area contributed by atoms with Crippen molar-refractivity contribution in [2.24, 2.45) is 0 Å². The van der Waals surface area contributed by atoms with Crippen LogP contribution in [0.1, 0.15) is 23.2 Å². The maximum atomic E-state index is 12.3. The van der Waals surface area contributed by atoms with Crippen molar-refractivity contribution >= 4 is 29.2 Å². The van der Waals surface area contributed by atoms with Crippen molar-refractivity contribution in [2.45, 2.75) is 18.4 Å². The zero-order chi connectivity index (χ0) is 13.5. The van der Waals surface area contributed by atoms with Gasteiger partial charge in [0.2, 0.25) is 0 Å². The molecule has 1 unspecified atom stereocenters. The molecule has 6 nitrogen and oxygen atoms in total. The van der Waals surface area contributed by atoms with Crippen molar-refractivity contribution < 1.29 is 14.4 Å². The number of carbonyl (C=O) groups is 3. The molecule has 1 atom stereocenters. The number of amides is 4. The molecular weight excluding hydrogens is 266 g/mol. The van der Waals surface area contributed by atoms with E-state index in [-0.39, 0.29) is 18.4 Å². The highest BCUT2D eigenvalue weighted by Gasteiger charge is 2.49. The first-order valence-corrected chi connectivity index (χ1v) is 7.00. The van der Waals surface area contributed by atoms with E-state index >= 15 is 0 Å². The molecule has 19 heavy (non-hydrogen) atoms. The first-order chi connectivity index (χ1) is 9.11. The highest BCUT2D eigenvalue weighted by atomic mass is 32.1. The van der Waals surface area contributed by atoms with Gasteiger partial charge in [-0.1, -0.05) is 0 Å². The van der Waals surface area contributed by atoms with Gasteiger partial charge in [-0.3, -0.25) is 14.9 Å². The Morgan fingerprint density at radius 1 is 1.42 bits per heavy atom. The van der Waals surface area contributed by atoms with Crippen molar-refractivity contribution in [1.82, 2.24) is 15.5 Å². The van der Waals surface area contributed by atoms with E-state index in [9.17, 15) is 14.4 Å². The van der Waals surface area contributed by atoms with Crippen LogP contribution >= 0.6 is 11.3 Å². The molecule has 0 aromatic carbocycles. The summed E-state index contributed by atoms with van der Waals surface area (Å²) in [6, 6.07) is 1.29. The predicted molar refractivity (Wildman–Crippen MR) is 68.9 cm³/mol. The van der Waals surface area contributed by atoms with Gasteiger partial charge in [0.15, 0.2) is 0 Å². The molecule has 0 bridgehead atoms. The van der Waals surface area contributed by atoms with Crippen LogP contribution in [-0.2, 0) is 4.79 Å². The zero-order valence-electron chi connectivity index (χ0n) is 10.1. The van der Waals surface area contributed by atoms with E-state index in [1.165, 1.54) is 11.3 Å². The van der Waals surface area contributed by atoms with E-state index in [4.69, 9.17) is 0 Å². The van der Waals surface area contributed by atoms with Crippen LogP contribution in [0.2, 0.25) is 0 Å². The van der Waals surface area contributed by atoms with Gasteiger partial charge in [0, 0.05) is 11.9 Å². The van der Waals surface area contributed by atoms with Gasteiger partial charge in [-0.05, 0) is 24.3 Å². The van der Waals surface area contributed by atoms with E-state index in [2.05, 4.69) is 10.6 Å². The average molecular weight is 279 g/mol. The Labute approximate surface area is 113 Å². The third-order valence-corrected chi connectivity index (χ3v) is 4.25. The normalized spacial score (nSPS) is 26.4. The topological polar surface area (TPSA) is 78.5 Å². The van der Waals surface area contributed by atoms with Gasteiger partial charge in [0.05, 0.1) is 12.1 Å². The van der Waals surface area contributed by atoms with Gasteiger partial charge in [0.1, 0.15) is 5.54 Å². The third kappa shape index (κ3) is 1.99. The van der Waals surface area contributed by atoms with E-state index in [1.54, 1.807) is 16.3 Å². The number of nitrogens with zero attached hydrogens (tertiary/aromatic N) is 1. The Kier molecular flexibility index (Phi) is 2.78. The first kappa shape index (κ1) is 12.2. The largest absolute Gasteiger partial charge is 0.336 e. The van der Waals surface area contributed by atoms with Crippen molar-refractivity contribution in [1.29, 1.82) is 0 Å². The van der Waals surface area contributed by atoms with Gasteiger partial charge in [-0.2, -0.15) is 11.3 Å². The minimum Gasteiger partial charge on any atom is -0.336 e. The molecule has 2 fully saturated rings. The smallest absolute Gasteiger partial charge is 0.322 e. The highest BCUT2D eigenvalue weighted by Crippen LogP contribution is 2.25. The molecule has 1 aromatic heterocycles. The molecule has 0 saturated carbocycles. The maximum absolute atomic E-state index is 12.3. The average Bonchev–Trinajstić information content (AvgIpc) is 2.99. The number of imide groups is 1. The fourth-order valence-electron chi connectivity index (χ4n) is 2.61. The summed E-state index contributed by atoms with van der Waals surface area (Å²) in [7, 11) is 0. The lowest BCUT2D eigenvalue weighted by molar-refractivity contribution is -0.125. The molecular formula is C12H13N3O3S. The molecule has 2 aliphatic heterocycles.